The van der Waals surface area contributed by atoms with Gasteiger partial charge in [0.2, 0.25) is 0 Å². The third kappa shape index (κ3) is 1.99. The first kappa shape index (κ1) is 10.0. The van der Waals surface area contributed by atoms with Crippen LogP contribution in [0.3, 0.4) is 0 Å². The van der Waals surface area contributed by atoms with Crippen LogP contribution < -0.4 is 0 Å². The molecule has 3 atom stereocenters. The van der Waals surface area contributed by atoms with Crippen LogP contribution in [0, 0.1) is 11.8 Å². The zero-order valence-corrected chi connectivity index (χ0v) is 8.25. The van der Waals surface area contributed by atoms with E-state index in [1.807, 2.05) is 0 Å². The van der Waals surface area contributed by atoms with E-state index in [1.54, 1.807) is 6.92 Å². The molecule has 1 fully saturated rings. The predicted molar refractivity (Wildman–Crippen MR) is 48.8 cm³/mol. The Morgan fingerprint density at radius 2 is 2.00 bits per heavy atom. The molecule has 0 unspecified atom stereocenters. The minimum Gasteiger partial charge on any atom is -0.390 e. The number of aliphatic hydroxyl groups excluding tert-OH is 1. The van der Waals surface area contributed by atoms with E-state index >= 15 is 0 Å². The van der Waals surface area contributed by atoms with E-state index in [0.717, 1.165) is 19.3 Å². The molecule has 72 valence electrons. The highest BCUT2D eigenvalue weighted by molar-refractivity contribution is 4.89. The van der Waals surface area contributed by atoms with Crippen molar-refractivity contribution in [2.24, 2.45) is 11.8 Å². The fourth-order valence-corrected chi connectivity index (χ4v) is 1.91. The van der Waals surface area contributed by atoms with E-state index in [0.29, 0.717) is 11.8 Å². The Morgan fingerprint density at radius 3 is 2.42 bits per heavy atom. The number of rotatable bonds is 1. The van der Waals surface area contributed by atoms with E-state index < -0.39 is 11.7 Å². The van der Waals surface area contributed by atoms with E-state index in [2.05, 4.69) is 13.8 Å². The van der Waals surface area contributed by atoms with Crippen LogP contribution in [0.1, 0.15) is 40.0 Å². The first-order chi connectivity index (χ1) is 5.43. The van der Waals surface area contributed by atoms with Gasteiger partial charge in [0.05, 0.1) is 11.7 Å². The molecule has 2 nitrogen and oxygen atoms in total. The highest BCUT2D eigenvalue weighted by atomic mass is 16.3. The average Bonchev–Trinajstić information content (AvgIpc) is 1.94. The minimum atomic E-state index is -0.842. The van der Waals surface area contributed by atoms with Crippen molar-refractivity contribution >= 4 is 0 Å². The zero-order chi connectivity index (χ0) is 9.35. The van der Waals surface area contributed by atoms with Crippen molar-refractivity contribution in [3.8, 4) is 0 Å². The summed E-state index contributed by atoms with van der Waals surface area (Å²) in [4.78, 5) is 0. The fourth-order valence-electron chi connectivity index (χ4n) is 1.91. The van der Waals surface area contributed by atoms with Gasteiger partial charge in [-0.3, -0.25) is 0 Å². The summed E-state index contributed by atoms with van der Waals surface area (Å²) in [5.41, 5.74) is -0.842. The van der Waals surface area contributed by atoms with Crippen LogP contribution in [0.2, 0.25) is 0 Å². The molecular weight excluding hydrogens is 152 g/mol. The predicted octanol–water partition coefficient (Wildman–Crippen LogP) is 1.55. The van der Waals surface area contributed by atoms with Gasteiger partial charge in [0.15, 0.2) is 0 Å². The van der Waals surface area contributed by atoms with Crippen LogP contribution in [0.15, 0.2) is 0 Å². The van der Waals surface area contributed by atoms with E-state index in [1.165, 1.54) is 0 Å². The highest BCUT2D eigenvalue weighted by Gasteiger charge is 2.37. The van der Waals surface area contributed by atoms with Crippen molar-refractivity contribution < 1.29 is 10.2 Å². The molecule has 0 radical (unpaired) electrons. The van der Waals surface area contributed by atoms with Gasteiger partial charge in [-0.05, 0) is 38.0 Å². The summed E-state index contributed by atoms with van der Waals surface area (Å²) < 4.78 is 0. The molecule has 1 saturated carbocycles. The molecule has 0 bridgehead atoms. The van der Waals surface area contributed by atoms with Crippen molar-refractivity contribution in [3.05, 3.63) is 0 Å². The number of hydrogen-bond donors (Lipinski definition) is 2. The van der Waals surface area contributed by atoms with Crippen molar-refractivity contribution in [2.75, 3.05) is 0 Å². The third-order valence-corrected chi connectivity index (χ3v) is 3.21. The molecular formula is C10H20O2. The van der Waals surface area contributed by atoms with Crippen molar-refractivity contribution in [3.63, 3.8) is 0 Å². The van der Waals surface area contributed by atoms with Crippen LogP contribution >= 0.6 is 0 Å². The molecule has 2 heteroatoms. The lowest BCUT2D eigenvalue weighted by molar-refractivity contribution is -0.103. The molecule has 0 heterocycles. The molecule has 0 aromatic rings. The first-order valence-corrected chi connectivity index (χ1v) is 4.84. The lowest BCUT2D eigenvalue weighted by Gasteiger charge is -2.39. The first-order valence-electron chi connectivity index (χ1n) is 4.84. The van der Waals surface area contributed by atoms with Crippen LogP contribution in [-0.4, -0.2) is 21.9 Å². The molecule has 0 spiro atoms. The van der Waals surface area contributed by atoms with Gasteiger partial charge in [-0.15, -0.1) is 0 Å². The Labute approximate surface area is 74.6 Å². The summed E-state index contributed by atoms with van der Waals surface area (Å²) in [6, 6.07) is 0. The van der Waals surface area contributed by atoms with Gasteiger partial charge < -0.3 is 10.2 Å². The second-order valence-corrected chi connectivity index (χ2v) is 4.65. The normalized spacial score (nSPS) is 43.5. The van der Waals surface area contributed by atoms with Gasteiger partial charge in [0.25, 0.3) is 0 Å². The van der Waals surface area contributed by atoms with Gasteiger partial charge >= 0.3 is 0 Å². The van der Waals surface area contributed by atoms with Gasteiger partial charge in [-0.2, -0.15) is 0 Å². The van der Waals surface area contributed by atoms with Crippen LogP contribution in [0.4, 0.5) is 0 Å². The van der Waals surface area contributed by atoms with E-state index in [4.69, 9.17) is 0 Å². The zero-order valence-electron chi connectivity index (χ0n) is 8.25. The molecule has 0 aromatic heterocycles. The maximum absolute atomic E-state index is 9.69. The maximum Gasteiger partial charge on any atom is 0.0877 e. The van der Waals surface area contributed by atoms with Crippen LogP contribution in [0.25, 0.3) is 0 Å². The molecule has 0 saturated heterocycles. The maximum atomic E-state index is 9.69. The summed E-state index contributed by atoms with van der Waals surface area (Å²) in [7, 11) is 0. The number of aliphatic hydroxyl groups is 2. The number of hydrogen-bond acceptors (Lipinski definition) is 2. The van der Waals surface area contributed by atoms with Crippen molar-refractivity contribution in [1.29, 1.82) is 0 Å². The van der Waals surface area contributed by atoms with E-state index in [-0.39, 0.29) is 0 Å². The molecule has 1 aliphatic rings. The highest BCUT2D eigenvalue weighted by Crippen LogP contribution is 2.35. The van der Waals surface area contributed by atoms with Gasteiger partial charge in [-0.1, -0.05) is 13.8 Å². The smallest absolute Gasteiger partial charge is 0.0877 e. The van der Waals surface area contributed by atoms with Gasteiger partial charge in [-0.25, -0.2) is 0 Å². The third-order valence-electron chi connectivity index (χ3n) is 3.21. The Balaban J connectivity index is 2.52. The fraction of sp³-hybridized carbons (Fsp3) is 1.00. The summed E-state index contributed by atoms with van der Waals surface area (Å²) in [6.45, 7) is 6.09. The monoisotopic (exact) mass is 172 g/mol. The standard InChI is InChI=1S/C10H20O2/c1-7(2)8-4-5-10(3,12)9(11)6-8/h7-9,11-12H,4-6H2,1-3H3/t8-,9-,10-/m0/s1. The topological polar surface area (TPSA) is 40.5 Å². The molecule has 1 aliphatic carbocycles. The lowest BCUT2D eigenvalue weighted by Crippen LogP contribution is -2.45. The van der Waals surface area contributed by atoms with Gasteiger partial charge in [0.1, 0.15) is 0 Å². The van der Waals surface area contributed by atoms with Crippen molar-refractivity contribution in [1.82, 2.24) is 0 Å². The second-order valence-electron chi connectivity index (χ2n) is 4.65. The molecule has 0 aromatic carbocycles. The molecule has 0 aliphatic heterocycles. The van der Waals surface area contributed by atoms with E-state index in [9.17, 15) is 10.2 Å². The van der Waals surface area contributed by atoms with Gasteiger partial charge in [0, 0.05) is 0 Å². The summed E-state index contributed by atoms with van der Waals surface area (Å²) in [5.74, 6) is 1.20. The summed E-state index contributed by atoms with van der Waals surface area (Å²) in [6.07, 6.45) is 2.00. The van der Waals surface area contributed by atoms with Crippen molar-refractivity contribution in [2.45, 2.75) is 51.7 Å². The summed E-state index contributed by atoms with van der Waals surface area (Å²) >= 11 is 0. The Morgan fingerprint density at radius 1 is 1.42 bits per heavy atom. The molecule has 2 N–H and O–H groups in total. The Bertz CT molecular complexity index is 152. The van der Waals surface area contributed by atoms with Crippen LogP contribution in [0.5, 0.6) is 0 Å². The average molecular weight is 172 g/mol. The largest absolute Gasteiger partial charge is 0.390 e. The Hall–Kier alpha value is -0.0800. The molecule has 0 amide bonds. The lowest BCUT2D eigenvalue weighted by atomic mass is 9.73. The molecule has 12 heavy (non-hydrogen) atoms. The second kappa shape index (κ2) is 3.35. The summed E-state index contributed by atoms with van der Waals surface area (Å²) in [5, 5.41) is 19.3. The Kier molecular flexibility index (Phi) is 2.79. The molecule has 1 rings (SSSR count). The van der Waals surface area contributed by atoms with Crippen LogP contribution in [-0.2, 0) is 0 Å². The quantitative estimate of drug-likeness (QED) is 0.630. The SMILES string of the molecule is CC(C)[C@H]1CC[C@](C)(O)[C@@H](O)C1. The minimum absolute atomic E-state index is 0.529.